The SMILES string of the molecule is C/C=C\CC=CC/C(Cl)=C(\C)Cc1ccc2nc(CNC)n(CCOCC)c2c1. The molecule has 0 bridgehead atoms. The first-order chi connectivity index (χ1) is 14.1. The molecule has 0 aliphatic carbocycles. The summed E-state index contributed by atoms with van der Waals surface area (Å²) < 4.78 is 7.83. The Hall–Kier alpha value is -1.88. The molecule has 2 aromatic rings. The molecule has 0 saturated heterocycles. The summed E-state index contributed by atoms with van der Waals surface area (Å²) in [5, 5.41) is 4.13. The number of benzene rings is 1. The maximum absolute atomic E-state index is 6.54. The maximum atomic E-state index is 6.54. The summed E-state index contributed by atoms with van der Waals surface area (Å²) in [5.41, 5.74) is 4.63. The van der Waals surface area contributed by atoms with Gasteiger partial charge in [-0.2, -0.15) is 0 Å². The molecule has 0 aliphatic heterocycles. The van der Waals surface area contributed by atoms with Crippen LogP contribution in [0.1, 0.15) is 45.0 Å². The molecular formula is C24H34ClN3O. The van der Waals surface area contributed by atoms with Gasteiger partial charge in [-0.3, -0.25) is 0 Å². The van der Waals surface area contributed by atoms with Crippen LogP contribution in [0.2, 0.25) is 0 Å². The molecule has 29 heavy (non-hydrogen) atoms. The third-order valence-electron chi connectivity index (χ3n) is 4.79. The van der Waals surface area contributed by atoms with E-state index in [1.807, 2.05) is 20.9 Å². The molecular weight excluding hydrogens is 382 g/mol. The molecule has 2 rings (SSSR count). The van der Waals surface area contributed by atoms with Crippen LogP contribution in [0.25, 0.3) is 11.0 Å². The zero-order valence-electron chi connectivity index (χ0n) is 18.2. The monoisotopic (exact) mass is 415 g/mol. The fourth-order valence-electron chi connectivity index (χ4n) is 3.24. The van der Waals surface area contributed by atoms with Crippen LogP contribution < -0.4 is 5.32 Å². The van der Waals surface area contributed by atoms with Gasteiger partial charge >= 0.3 is 0 Å². The highest BCUT2D eigenvalue weighted by atomic mass is 35.5. The van der Waals surface area contributed by atoms with E-state index in [-0.39, 0.29) is 0 Å². The van der Waals surface area contributed by atoms with Gasteiger partial charge < -0.3 is 14.6 Å². The van der Waals surface area contributed by atoms with Crippen LogP contribution in [0, 0.1) is 0 Å². The standard InChI is InChI=1S/C24H34ClN3O/c1-5-7-8-9-10-11-21(25)19(3)16-20-12-13-22-23(17-20)28(14-15-29-6-2)24(27-22)18-26-4/h5,7,9-10,12-13,17,26H,6,8,11,14-16,18H2,1-4H3/b7-5-,10-9?,21-19-. The highest BCUT2D eigenvalue weighted by Gasteiger charge is 2.11. The lowest BCUT2D eigenvalue weighted by Crippen LogP contribution is -2.14. The number of aromatic nitrogens is 2. The Morgan fingerprint density at radius 3 is 2.83 bits per heavy atom. The Bertz CT molecular complexity index is 864. The van der Waals surface area contributed by atoms with E-state index in [0.717, 1.165) is 60.8 Å². The molecule has 0 amide bonds. The van der Waals surface area contributed by atoms with Gasteiger partial charge in [-0.25, -0.2) is 4.98 Å². The number of ether oxygens (including phenoxy) is 1. The van der Waals surface area contributed by atoms with Gasteiger partial charge in [0.15, 0.2) is 0 Å². The van der Waals surface area contributed by atoms with Crippen LogP contribution in [-0.2, 0) is 24.2 Å². The van der Waals surface area contributed by atoms with Crippen LogP contribution in [0.15, 0.2) is 53.1 Å². The number of fused-ring (bicyclic) bond motifs is 1. The van der Waals surface area contributed by atoms with Gasteiger partial charge in [0.05, 0.1) is 24.2 Å². The predicted molar refractivity (Wildman–Crippen MR) is 124 cm³/mol. The number of nitrogens with one attached hydrogen (secondary N) is 1. The van der Waals surface area contributed by atoms with E-state index in [9.17, 15) is 0 Å². The van der Waals surface area contributed by atoms with Crippen LogP contribution in [-0.4, -0.2) is 29.8 Å². The number of nitrogens with zero attached hydrogens (tertiary/aromatic N) is 2. The van der Waals surface area contributed by atoms with E-state index in [4.69, 9.17) is 21.3 Å². The lowest BCUT2D eigenvalue weighted by Gasteiger charge is -2.10. The topological polar surface area (TPSA) is 39.1 Å². The fourth-order valence-corrected chi connectivity index (χ4v) is 3.40. The molecule has 0 fully saturated rings. The lowest BCUT2D eigenvalue weighted by molar-refractivity contribution is 0.139. The van der Waals surface area contributed by atoms with Crippen molar-refractivity contribution in [3.05, 3.63) is 64.5 Å². The van der Waals surface area contributed by atoms with Gasteiger partial charge in [-0.05, 0) is 58.4 Å². The first kappa shape index (κ1) is 23.4. The normalized spacial score (nSPS) is 13.1. The van der Waals surface area contributed by atoms with Crippen molar-refractivity contribution in [2.75, 3.05) is 20.3 Å². The summed E-state index contributed by atoms with van der Waals surface area (Å²) in [4.78, 5) is 4.79. The minimum atomic E-state index is 0.688. The third-order valence-corrected chi connectivity index (χ3v) is 5.27. The second kappa shape index (κ2) is 12.6. The number of allylic oxidation sites excluding steroid dienone is 6. The van der Waals surface area contributed by atoms with Crippen molar-refractivity contribution in [3.8, 4) is 0 Å². The number of rotatable bonds is 12. The molecule has 5 heteroatoms. The zero-order chi connectivity index (χ0) is 21.1. The molecule has 0 saturated carbocycles. The van der Waals surface area contributed by atoms with E-state index in [1.165, 1.54) is 11.1 Å². The molecule has 1 aromatic carbocycles. The van der Waals surface area contributed by atoms with Crippen molar-refractivity contribution in [2.24, 2.45) is 0 Å². The van der Waals surface area contributed by atoms with Crippen molar-refractivity contribution in [1.82, 2.24) is 14.9 Å². The predicted octanol–water partition coefficient (Wildman–Crippen LogP) is 5.76. The van der Waals surface area contributed by atoms with Crippen LogP contribution in [0.5, 0.6) is 0 Å². The Kier molecular flexibility index (Phi) is 10.2. The van der Waals surface area contributed by atoms with Crippen molar-refractivity contribution in [1.29, 1.82) is 0 Å². The Balaban J connectivity index is 2.19. The molecule has 158 valence electrons. The van der Waals surface area contributed by atoms with E-state index >= 15 is 0 Å². The summed E-state index contributed by atoms with van der Waals surface area (Å²) in [5.74, 6) is 1.04. The number of imidazole rings is 1. The molecule has 1 aromatic heterocycles. The van der Waals surface area contributed by atoms with Gasteiger partial charge in [0.25, 0.3) is 0 Å². The highest BCUT2D eigenvalue weighted by Crippen LogP contribution is 2.23. The summed E-state index contributed by atoms with van der Waals surface area (Å²) in [6.07, 6.45) is 11.1. The van der Waals surface area contributed by atoms with Gasteiger partial charge in [-0.15, -0.1) is 0 Å². The smallest absolute Gasteiger partial charge is 0.123 e. The second-order valence-corrected chi connectivity index (χ2v) is 7.53. The van der Waals surface area contributed by atoms with Crippen LogP contribution >= 0.6 is 11.6 Å². The molecule has 0 atom stereocenters. The minimum Gasteiger partial charge on any atom is -0.380 e. The summed E-state index contributed by atoms with van der Waals surface area (Å²) in [6.45, 7) is 9.13. The van der Waals surface area contributed by atoms with Crippen molar-refractivity contribution in [2.45, 2.75) is 53.1 Å². The molecule has 1 N–H and O–H groups in total. The van der Waals surface area contributed by atoms with Crippen LogP contribution in [0.3, 0.4) is 0 Å². The van der Waals surface area contributed by atoms with Crippen molar-refractivity contribution < 1.29 is 4.74 Å². The fraction of sp³-hybridized carbons (Fsp3) is 0.458. The Morgan fingerprint density at radius 1 is 1.28 bits per heavy atom. The quantitative estimate of drug-likeness (QED) is 0.353. The van der Waals surface area contributed by atoms with E-state index in [1.54, 1.807) is 0 Å². The first-order valence-corrected chi connectivity index (χ1v) is 10.8. The van der Waals surface area contributed by atoms with E-state index in [2.05, 4.69) is 59.3 Å². The first-order valence-electron chi connectivity index (χ1n) is 10.4. The lowest BCUT2D eigenvalue weighted by atomic mass is 10.0. The van der Waals surface area contributed by atoms with E-state index < -0.39 is 0 Å². The van der Waals surface area contributed by atoms with Crippen molar-refractivity contribution >= 4 is 22.6 Å². The maximum Gasteiger partial charge on any atom is 0.123 e. The Morgan fingerprint density at radius 2 is 2.10 bits per heavy atom. The molecule has 0 aliphatic rings. The average molecular weight is 416 g/mol. The largest absolute Gasteiger partial charge is 0.380 e. The zero-order valence-corrected chi connectivity index (χ0v) is 18.9. The minimum absolute atomic E-state index is 0.688. The van der Waals surface area contributed by atoms with E-state index in [0.29, 0.717) is 6.61 Å². The van der Waals surface area contributed by atoms with Crippen LogP contribution in [0.4, 0.5) is 0 Å². The Labute approximate surface area is 180 Å². The number of halogens is 1. The molecule has 1 heterocycles. The van der Waals surface area contributed by atoms with Gasteiger partial charge in [-0.1, -0.05) is 47.5 Å². The third kappa shape index (κ3) is 7.14. The number of hydrogen-bond acceptors (Lipinski definition) is 3. The molecule has 0 spiro atoms. The number of hydrogen-bond donors (Lipinski definition) is 1. The molecule has 0 radical (unpaired) electrons. The molecule has 4 nitrogen and oxygen atoms in total. The van der Waals surface area contributed by atoms with Crippen molar-refractivity contribution in [3.63, 3.8) is 0 Å². The summed E-state index contributed by atoms with van der Waals surface area (Å²) in [7, 11) is 1.95. The van der Waals surface area contributed by atoms with Gasteiger partial charge in [0.2, 0.25) is 0 Å². The summed E-state index contributed by atoms with van der Waals surface area (Å²) >= 11 is 6.54. The van der Waals surface area contributed by atoms with Gasteiger partial charge in [0, 0.05) is 24.6 Å². The second-order valence-electron chi connectivity index (χ2n) is 7.07. The molecule has 0 unspecified atom stereocenters. The van der Waals surface area contributed by atoms with Gasteiger partial charge in [0.1, 0.15) is 5.82 Å². The summed E-state index contributed by atoms with van der Waals surface area (Å²) in [6, 6.07) is 6.50. The highest BCUT2D eigenvalue weighted by molar-refractivity contribution is 6.30. The average Bonchev–Trinajstić information content (AvgIpc) is 3.05.